The summed E-state index contributed by atoms with van der Waals surface area (Å²) in [5.41, 5.74) is 2.89. The number of thioether (sulfide) groups is 1. The molecule has 1 saturated heterocycles. The van der Waals surface area contributed by atoms with E-state index in [9.17, 15) is 9.59 Å². The van der Waals surface area contributed by atoms with E-state index in [1.54, 1.807) is 0 Å². The van der Waals surface area contributed by atoms with Crippen LogP contribution < -0.4 is 10.6 Å². The van der Waals surface area contributed by atoms with Crippen LogP contribution >= 0.6 is 11.8 Å². The van der Waals surface area contributed by atoms with Gasteiger partial charge in [-0.2, -0.15) is 0 Å². The molecule has 0 aliphatic carbocycles. The van der Waals surface area contributed by atoms with E-state index in [1.165, 1.54) is 11.8 Å². The minimum atomic E-state index is -0.402. The zero-order valence-electron chi connectivity index (χ0n) is 12.4. The Hall–Kier alpha value is -1.82. The number of carbonyl (C=O) groups excluding carboxylic acids is 2. The normalized spacial score (nSPS) is 19.7. The van der Waals surface area contributed by atoms with Crippen LogP contribution in [0.2, 0.25) is 0 Å². The van der Waals surface area contributed by atoms with Crippen LogP contribution in [0.1, 0.15) is 24.5 Å². The molecule has 21 heavy (non-hydrogen) atoms. The van der Waals surface area contributed by atoms with Gasteiger partial charge in [0.25, 0.3) is 0 Å². The number of hydrogen-bond acceptors (Lipinski definition) is 4. The third kappa shape index (κ3) is 4.07. The maximum absolute atomic E-state index is 12.1. The lowest BCUT2D eigenvalue weighted by Gasteiger charge is -2.10. The van der Waals surface area contributed by atoms with E-state index in [-0.39, 0.29) is 18.2 Å². The van der Waals surface area contributed by atoms with E-state index in [4.69, 9.17) is 0 Å². The Bertz CT molecular complexity index is 599. The number of hydrogen-bond donors (Lipinski definition) is 2. The molecule has 2 amide bonds. The van der Waals surface area contributed by atoms with Gasteiger partial charge in [-0.1, -0.05) is 23.9 Å². The maximum Gasteiger partial charge on any atom is 0.240 e. The highest BCUT2D eigenvalue weighted by molar-refractivity contribution is 8.15. The lowest BCUT2D eigenvalue weighted by molar-refractivity contribution is -0.122. The van der Waals surface area contributed by atoms with Gasteiger partial charge in [0.1, 0.15) is 5.25 Å². The number of nitrogens with one attached hydrogen (secondary N) is 2. The van der Waals surface area contributed by atoms with E-state index >= 15 is 0 Å². The second-order valence-corrected chi connectivity index (χ2v) is 6.14. The van der Waals surface area contributed by atoms with Crippen LogP contribution in [0.25, 0.3) is 0 Å². The molecule has 0 unspecified atom stereocenters. The molecule has 2 N–H and O–H groups in total. The standard InChI is InChI=1S/C15H19N3O2S/c1-4-16-15-18-14(20)12(21-15)8-13(19)17-11-7-9(2)5-6-10(11)3/h5-7,12H,4,8H2,1-3H3,(H,17,19)(H,16,18,20)/t12-/m1/s1. The quantitative estimate of drug-likeness (QED) is 0.896. The molecule has 1 aromatic rings. The molecule has 0 bridgehead atoms. The largest absolute Gasteiger partial charge is 0.326 e. The summed E-state index contributed by atoms with van der Waals surface area (Å²) in [6.07, 6.45) is 0.145. The van der Waals surface area contributed by atoms with Crippen molar-refractivity contribution in [3.63, 3.8) is 0 Å². The van der Waals surface area contributed by atoms with Gasteiger partial charge in [-0.05, 0) is 38.0 Å². The fraction of sp³-hybridized carbons (Fsp3) is 0.400. The molecular formula is C15H19N3O2S. The highest BCUT2D eigenvalue weighted by Gasteiger charge is 2.31. The average molecular weight is 305 g/mol. The second kappa shape index (κ2) is 6.76. The van der Waals surface area contributed by atoms with Crippen LogP contribution in [-0.2, 0) is 9.59 Å². The molecule has 0 spiro atoms. The highest BCUT2D eigenvalue weighted by atomic mass is 32.2. The Morgan fingerprint density at radius 3 is 2.90 bits per heavy atom. The van der Waals surface area contributed by atoms with Crippen molar-refractivity contribution in [3.05, 3.63) is 29.3 Å². The molecule has 1 aromatic carbocycles. The van der Waals surface area contributed by atoms with Crippen LogP contribution in [-0.4, -0.2) is 28.8 Å². The van der Waals surface area contributed by atoms with Gasteiger partial charge in [-0.25, -0.2) is 0 Å². The Labute approximate surface area is 128 Å². The van der Waals surface area contributed by atoms with E-state index in [1.807, 2.05) is 39.0 Å². The number of nitrogens with zero attached hydrogens (tertiary/aromatic N) is 1. The first-order valence-corrected chi connectivity index (χ1v) is 7.76. The summed E-state index contributed by atoms with van der Waals surface area (Å²) in [7, 11) is 0. The van der Waals surface area contributed by atoms with Crippen LogP contribution in [0.5, 0.6) is 0 Å². The average Bonchev–Trinajstić information content (AvgIpc) is 2.74. The van der Waals surface area contributed by atoms with E-state index in [0.717, 1.165) is 16.8 Å². The van der Waals surface area contributed by atoms with Crippen LogP contribution in [0.4, 0.5) is 5.69 Å². The Morgan fingerprint density at radius 2 is 2.19 bits per heavy atom. The van der Waals surface area contributed by atoms with Crippen molar-refractivity contribution in [2.45, 2.75) is 32.4 Å². The molecule has 1 fully saturated rings. The topological polar surface area (TPSA) is 70.6 Å². The third-order valence-electron chi connectivity index (χ3n) is 3.12. The maximum atomic E-state index is 12.1. The minimum absolute atomic E-state index is 0.145. The Kier molecular flexibility index (Phi) is 5.01. The van der Waals surface area contributed by atoms with E-state index in [0.29, 0.717) is 11.7 Å². The predicted octanol–water partition coefficient (Wildman–Crippen LogP) is 2.24. The lowest BCUT2D eigenvalue weighted by Crippen LogP contribution is -2.28. The molecule has 1 aliphatic heterocycles. The van der Waals surface area contributed by atoms with Gasteiger partial charge >= 0.3 is 0 Å². The first kappa shape index (κ1) is 15.6. The first-order chi connectivity index (χ1) is 9.99. The van der Waals surface area contributed by atoms with Crippen molar-refractivity contribution in [1.29, 1.82) is 0 Å². The number of amidine groups is 1. The summed E-state index contributed by atoms with van der Waals surface area (Å²) in [5, 5.41) is 5.76. The van der Waals surface area contributed by atoms with Gasteiger partial charge in [0.05, 0.1) is 0 Å². The van der Waals surface area contributed by atoms with Crippen molar-refractivity contribution >= 4 is 34.4 Å². The van der Waals surface area contributed by atoms with Crippen molar-refractivity contribution in [3.8, 4) is 0 Å². The number of aryl methyl sites for hydroxylation is 2. The molecule has 0 saturated carbocycles. The minimum Gasteiger partial charge on any atom is -0.326 e. The van der Waals surface area contributed by atoms with Gasteiger partial charge in [-0.3, -0.25) is 14.6 Å². The monoisotopic (exact) mass is 305 g/mol. The molecule has 1 aliphatic rings. The van der Waals surface area contributed by atoms with E-state index in [2.05, 4.69) is 15.6 Å². The van der Waals surface area contributed by atoms with Crippen molar-refractivity contribution in [1.82, 2.24) is 5.32 Å². The van der Waals surface area contributed by atoms with Crippen LogP contribution in [0.3, 0.4) is 0 Å². The molecule has 2 rings (SSSR count). The second-order valence-electron chi connectivity index (χ2n) is 4.95. The smallest absolute Gasteiger partial charge is 0.240 e. The van der Waals surface area contributed by atoms with Gasteiger partial charge in [-0.15, -0.1) is 0 Å². The fourth-order valence-electron chi connectivity index (χ4n) is 2.00. The van der Waals surface area contributed by atoms with Gasteiger partial charge < -0.3 is 10.6 Å². The molecule has 1 atom stereocenters. The van der Waals surface area contributed by atoms with Crippen LogP contribution in [0, 0.1) is 13.8 Å². The molecule has 1 heterocycles. The van der Waals surface area contributed by atoms with Crippen molar-refractivity contribution < 1.29 is 9.59 Å². The predicted molar refractivity (Wildman–Crippen MR) is 86.7 cm³/mol. The summed E-state index contributed by atoms with van der Waals surface area (Å²) in [5.74, 6) is -0.308. The Balaban J connectivity index is 1.98. The number of amides is 2. The number of aliphatic imine (C=N–C) groups is 1. The number of benzene rings is 1. The van der Waals surface area contributed by atoms with Crippen LogP contribution in [0.15, 0.2) is 23.2 Å². The highest BCUT2D eigenvalue weighted by Crippen LogP contribution is 2.23. The number of rotatable bonds is 4. The molecule has 0 radical (unpaired) electrons. The van der Waals surface area contributed by atoms with Crippen molar-refractivity contribution in [2.75, 3.05) is 11.9 Å². The molecule has 5 nitrogen and oxygen atoms in total. The lowest BCUT2D eigenvalue weighted by atomic mass is 10.1. The van der Waals surface area contributed by atoms with Gasteiger partial charge in [0.2, 0.25) is 11.8 Å². The van der Waals surface area contributed by atoms with E-state index < -0.39 is 5.25 Å². The fourth-order valence-corrected chi connectivity index (χ4v) is 3.03. The number of anilines is 1. The molecule has 0 aromatic heterocycles. The summed E-state index contributed by atoms with van der Waals surface area (Å²) in [6.45, 7) is 6.44. The summed E-state index contributed by atoms with van der Waals surface area (Å²) >= 11 is 1.32. The van der Waals surface area contributed by atoms with Gasteiger partial charge in [0.15, 0.2) is 5.17 Å². The zero-order valence-corrected chi connectivity index (χ0v) is 13.2. The SMILES string of the molecule is CCN=C1NC(=O)[C@@H](CC(=O)Nc2cc(C)ccc2C)S1. The molecule has 112 valence electrons. The molecule has 6 heteroatoms. The third-order valence-corrected chi connectivity index (χ3v) is 4.24. The number of carbonyl (C=O) groups is 2. The van der Waals surface area contributed by atoms with Gasteiger partial charge in [0, 0.05) is 18.7 Å². The summed E-state index contributed by atoms with van der Waals surface area (Å²) in [4.78, 5) is 28.0. The summed E-state index contributed by atoms with van der Waals surface area (Å²) < 4.78 is 0. The zero-order chi connectivity index (χ0) is 15.4. The van der Waals surface area contributed by atoms with Crippen molar-refractivity contribution in [2.24, 2.45) is 4.99 Å². The molecular weight excluding hydrogens is 286 g/mol. The Morgan fingerprint density at radius 1 is 1.43 bits per heavy atom. The first-order valence-electron chi connectivity index (χ1n) is 6.88. The summed E-state index contributed by atoms with van der Waals surface area (Å²) in [6, 6.07) is 5.89.